The molecule has 1 aliphatic heterocycles. The third-order valence-corrected chi connectivity index (χ3v) is 2.67. The SMILES string of the molecule is CC(C)(C)N1CC(O)NCC1(C)C. The number of hydrogen-bond donors (Lipinski definition) is 2. The fraction of sp³-hybridized carbons (Fsp3) is 1.00. The second-order valence-corrected chi connectivity index (χ2v) is 5.49. The predicted octanol–water partition coefficient (Wildman–Crippen LogP) is 0.787. The summed E-state index contributed by atoms with van der Waals surface area (Å²) in [5.41, 5.74) is 0.240. The van der Waals surface area contributed by atoms with Crippen molar-refractivity contribution in [2.75, 3.05) is 13.1 Å². The van der Waals surface area contributed by atoms with Crippen molar-refractivity contribution in [3.05, 3.63) is 0 Å². The molecule has 3 heteroatoms. The van der Waals surface area contributed by atoms with Crippen molar-refractivity contribution in [3.8, 4) is 0 Å². The summed E-state index contributed by atoms with van der Waals surface area (Å²) in [5, 5.41) is 12.6. The molecule has 1 atom stereocenters. The Morgan fingerprint density at radius 2 is 1.92 bits per heavy atom. The van der Waals surface area contributed by atoms with Crippen LogP contribution in [0.25, 0.3) is 0 Å². The first-order valence-electron chi connectivity index (χ1n) is 4.93. The van der Waals surface area contributed by atoms with Gasteiger partial charge in [0.1, 0.15) is 6.23 Å². The van der Waals surface area contributed by atoms with E-state index in [1.807, 2.05) is 0 Å². The predicted molar refractivity (Wildman–Crippen MR) is 54.5 cm³/mol. The van der Waals surface area contributed by atoms with E-state index in [-0.39, 0.29) is 17.3 Å². The van der Waals surface area contributed by atoms with Gasteiger partial charge >= 0.3 is 0 Å². The zero-order valence-corrected chi connectivity index (χ0v) is 9.39. The molecule has 3 nitrogen and oxygen atoms in total. The summed E-state index contributed by atoms with van der Waals surface area (Å²) in [7, 11) is 0. The van der Waals surface area contributed by atoms with E-state index in [1.54, 1.807) is 0 Å². The lowest BCUT2D eigenvalue weighted by atomic mass is 9.92. The minimum Gasteiger partial charge on any atom is -0.377 e. The summed E-state index contributed by atoms with van der Waals surface area (Å²) in [5.74, 6) is 0. The third-order valence-electron chi connectivity index (χ3n) is 2.67. The monoisotopic (exact) mass is 186 g/mol. The van der Waals surface area contributed by atoms with Gasteiger partial charge in [0.15, 0.2) is 0 Å². The van der Waals surface area contributed by atoms with Crippen LogP contribution in [0.5, 0.6) is 0 Å². The van der Waals surface area contributed by atoms with Crippen LogP contribution < -0.4 is 5.32 Å². The van der Waals surface area contributed by atoms with Crippen molar-refractivity contribution in [2.45, 2.75) is 51.9 Å². The van der Waals surface area contributed by atoms with E-state index in [1.165, 1.54) is 0 Å². The van der Waals surface area contributed by atoms with Crippen LogP contribution in [0.3, 0.4) is 0 Å². The highest BCUT2D eigenvalue weighted by atomic mass is 16.3. The van der Waals surface area contributed by atoms with E-state index in [2.05, 4.69) is 44.8 Å². The summed E-state index contributed by atoms with van der Waals surface area (Å²) in [6.07, 6.45) is -0.382. The molecule has 0 amide bonds. The minimum atomic E-state index is -0.382. The summed E-state index contributed by atoms with van der Waals surface area (Å²) in [6.45, 7) is 12.5. The fourth-order valence-electron chi connectivity index (χ4n) is 2.13. The number of nitrogens with zero attached hydrogens (tertiary/aromatic N) is 1. The molecule has 1 aliphatic rings. The van der Waals surface area contributed by atoms with Crippen molar-refractivity contribution in [2.24, 2.45) is 0 Å². The van der Waals surface area contributed by atoms with Crippen molar-refractivity contribution >= 4 is 0 Å². The quantitative estimate of drug-likeness (QED) is 0.587. The average molecular weight is 186 g/mol. The van der Waals surface area contributed by atoms with Crippen LogP contribution in [-0.2, 0) is 0 Å². The molecule has 0 aromatic rings. The Bertz CT molecular complexity index is 184. The number of β-amino-alcohol motifs (C(OH)–C–C–N with tert-alkyl or cyclic N) is 1. The molecule has 0 saturated carbocycles. The van der Waals surface area contributed by atoms with Crippen LogP contribution in [0, 0.1) is 0 Å². The van der Waals surface area contributed by atoms with Gasteiger partial charge < -0.3 is 5.11 Å². The Balaban J connectivity index is 2.78. The van der Waals surface area contributed by atoms with E-state index in [9.17, 15) is 5.11 Å². The first-order chi connectivity index (χ1) is 5.73. The molecule has 1 rings (SSSR count). The third kappa shape index (κ3) is 2.42. The van der Waals surface area contributed by atoms with Crippen molar-refractivity contribution in [3.63, 3.8) is 0 Å². The Kier molecular flexibility index (Phi) is 2.72. The first-order valence-corrected chi connectivity index (χ1v) is 4.93. The lowest BCUT2D eigenvalue weighted by molar-refractivity contribution is -0.0599. The van der Waals surface area contributed by atoms with Gasteiger partial charge in [0.2, 0.25) is 0 Å². The molecule has 1 fully saturated rings. The summed E-state index contributed by atoms with van der Waals surface area (Å²) >= 11 is 0. The van der Waals surface area contributed by atoms with E-state index in [4.69, 9.17) is 0 Å². The normalized spacial score (nSPS) is 30.5. The van der Waals surface area contributed by atoms with Gasteiger partial charge in [0.05, 0.1) is 0 Å². The van der Waals surface area contributed by atoms with Crippen molar-refractivity contribution < 1.29 is 5.11 Å². The van der Waals surface area contributed by atoms with Gasteiger partial charge in [0, 0.05) is 24.2 Å². The van der Waals surface area contributed by atoms with Gasteiger partial charge in [-0.25, -0.2) is 0 Å². The molecule has 2 N–H and O–H groups in total. The van der Waals surface area contributed by atoms with Crippen LogP contribution in [0.1, 0.15) is 34.6 Å². The molecule has 1 unspecified atom stereocenters. The Morgan fingerprint density at radius 1 is 1.38 bits per heavy atom. The standard InChI is InChI=1S/C10H22N2O/c1-9(2,3)12-6-8(13)11-7-10(12,4)5/h8,11,13H,6-7H2,1-5H3. The molecule has 0 aliphatic carbocycles. The second-order valence-electron chi connectivity index (χ2n) is 5.49. The number of aliphatic hydroxyl groups excluding tert-OH is 1. The smallest absolute Gasteiger partial charge is 0.117 e. The van der Waals surface area contributed by atoms with Gasteiger partial charge in [-0.1, -0.05) is 0 Å². The summed E-state index contributed by atoms with van der Waals surface area (Å²) in [6, 6.07) is 0. The summed E-state index contributed by atoms with van der Waals surface area (Å²) in [4.78, 5) is 2.35. The topological polar surface area (TPSA) is 35.5 Å². The van der Waals surface area contributed by atoms with Crippen LogP contribution >= 0.6 is 0 Å². The molecule has 1 heterocycles. The maximum atomic E-state index is 9.52. The number of rotatable bonds is 0. The highest BCUT2D eigenvalue weighted by Crippen LogP contribution is 2.26. The molecular weight excluding hydrogens is 164 g/mol. The zero-order valence-electron chi connectivity index (χ0n) is 9.39. The van der Waals surface area contributed by atoms with Crippen molar-refractivity contribution in [1.82, 2.24) is 10.2 Å². The lowest BCUT2D eigenvalue weighted by Crippen LogP contribution is -2.66. The van der Waals surface area contributed by atoms with Crippen LogP contribution in [0.4, 0.5) is 0 Å². The molecule has 0 aromatic carbocycles. The maximum absolute atomic E-state index is 9.52. The Labute approximate surface area is 81.1 Å². The van der Waals surface area contributed by atoms with E-state index >= 15 is 0 Å². The number of piperazine rings is 1. The van der Waals surface area contributed by atoms with E-state index in [0.29, 0.717) is 6.54 Å². The molecule has 0 aromatic heterocycles. The summed E-state index contributed by atoms with van der Waals surface area (Å²) < 4.78 is 0. The molecule has 13 heavy (non-hydrogen) atoms. The highest BCUT2D eigenvalue weighted by Gasteiger charge is 2.39. The van der Waals surface area contributed by atoms with E-state index in [0.717, 1.165) is 6.54 Å². The highest BCUT2D eigenvalue weighted by molar-refractivity contribution is 4.95. The molecule has 78 valence electrons. The van der Waals surface area contributed by atoms with Gasteiger partial charge in [-0.2, -0.15) is 0 Å². The van der Waals surface area contributed by atoms with Gasteiger partial charge in [-0.15, -0.1) is 0 Å². The zero-order chi connectivity index (χ0) is 10.3. The molecular formula is C10H22N2O. The maximum Gasteiger partial charge on any atom is 0.117 e. The van der Waals surface area contributed by atoms with Gasteiger partial charge in [0.25, 0.3) is 0 Å². The molecule has 1 saturated heterocycles. The number of aliphatic hydroxyl groups is 1. The van der Waals surface area contributed by atoms with Crippen LogP contribution in [0.2, 0.25) is 0 Å². The number of hydrogen-bond acceptors (Lipinski definition) is 3. The van der Waals surface area contributed by atoms with Gasteiger partial charge in [-0.05, 0) is 34.6 Å². The Hall–Kier alpha value is -0.120. The lowest BCUT2D eigenvalue weighted by Gasteiger charge is -2.51. The van der Waals surface area contributed by atoms with Crippen LogP contribution in [0.15, 0.2) is 0 Å². The average Bonchev–Trinajstić information content (AvgIpc) is 1.92. The second kappa shape index (κ2) is 3.23. The van der Waals surface area contributed by atoms with Crippen molar-refractivity contribution in [1.29, 1.82) is 0 Å². The minimum absolute atomic E-state index is 0.118. The first kappa shape index (κ1) is 11.0. The molecule has 0 radical (unpaired) electrons. The van der Waals surface area contributed by atoms with Gasteiger partial charge in [-0.3, -0.25) is 10.2 Å². The largest absolute Gasteiger partial charge is 0.377 e. The fourth-order valence-corrected chi connectivity index (χ4v) is 2.13. The van der Waals surface area contributed by atoms with Crippen LogP contribution in [-0.4, -0.2) is 40.4 Å². The Morgan fingerprint density at radius 3 is 2.31 bits per heavy atom. The number of nitrogens with one attached hydrogen (secondary N) is 1. The molecule has 0 bridgehead atoms. The van der Waals surface area contributed by atoms with E-state index < -0.39 is 0 Å². The molecule has 0 spiro atoms.